The fourth-order valence-electron chi connectivity index (χ4n) is 1.33. The monoisotopic (exact) mass is 229 g/mol. The van der Waals surface area contributed by atoms with E-state index in [-0.39, 0.29) is 5.04 Å². The molecule has 0 aromatic heterocycles. The van der Waals surface area contributed by atoms with Crippen molar-refractivity contribution >= 4 is 14.0 Å². The summed E-state index contributed by atoms with van der Waals surface area (Å²) in [6.45, 7) is 12.3. The van der Waals surface area contributed by atoms with Crippen LogP contribution in [-0.4, -0.2) is 31.9 Å². The molecule has 1 aliphatic rings. The highest BCUT2D eigenvalue weighted by Gasteiger charge is 2.38. The summed E-state index contributed by atoms with van der Waals surface area (Å²) >= 11 is 0. The number of hydrogen-bond donors (Lipinski definition) is 0. The van der Waals surface area contributed by atoms with Crippen molar-refractivity contribution in [3.8, 4) is 0 Å². The highest BCUT2D eigenvalue weighted by Crippen LogP contribution is 2.36. The Kier molecular flexibility index (Phi) is 3.61. The first kappa shape index (κ1) is 12.7. The molecule has 0 atom stereocenters. The maximum Gasteiger partial charge on any atom is 0.192 e. The van der Waals surface area contributed by atoms with Crippen LogP contribution >= 0.6 is 0 Å². The van der Waals surface area contributed by atoms with E-state index in [1.807, 2.05) is 0 Å². The molecule has 0 saturated heterocycles. The minimum atomic E-state index is -1.69. The SMILES string of the molecule is CC(C)(C)[Si](C)(C)OCC1=[N+]([O-])CCC1. The molecule has 0 amide bonds. The lowest BCUT2D eigenvalue weighted by Crippen LogP contribution is -2.42. The summed E-state index contributed by atoms with van der Waals surface area (Å²) in [6.07, 6.45) is 1.90. The molecule has 0 radical (unpaired) electrons. The Hall–Kier alpha value is -0.353. The fraction of sp³-hybridized carbons (Fsp3) is 0.909. The third-order valence-corrected chi connectivity index (χ3v) is 8.06. The van der Waals surface area contributed by atoms with Gasteiger partial charge in [-0.15, -0.1) is 0 Å². The van der Waals surface area contributed by atoms with Crippen LogP contribution in [0.4, 0.5) is 0 Å². The quantitative estimate of drug-likeness (QED) is 0.424. The first-order valence-electron chi connectivity index (χ1n) is 5.67. The van der Waals surface area contributed by atoms with Gasteiger partial charge in [0.1, 0.15) is 6.61 Å². The van der Waals surface area contributed by atoms with Gasteiger partial charge in [-0.25, -0.2) is 4.74 Å². The van der Waals surface area contributed by atoms with Gasteiger partial charge in [-0.3, -0.25) is 0 Å². The molecular weight excluding hydrogens is 206 g/mol. The molecule has 0 spiro atoms. The van der Waals surface area contributed by atoms with Gasteiger partial charge >= 0.3 is 0 Å². The van der Waals surface area contributed by atoms with Gasteiger partial charge in [0.15, 0.2) is 20.6 Å². The Morgan fingerprint density at radius 1 is 1.40 bits per heavy atom. The third kappa shape index (κ3) is 3.05. The van der Waals surface area contributed by atoms with E-state index in [0.29, 0.717) is 13.2 Å². The predicted molar refractivity (Wildman–Crippen MR) is 65.9 cm³/mol. The molecule has 0 aromatic rings. The number of nitrogens with zero attached hydrogens (tertiary/aromatic N) is 1. The molecule has 88 valence electrons. The second-order valence-corrected chi connectivity index (χ2v) is 10.6. The molecule has 0 fully saturated rings. The van der Waals surface area contributed by atoms with E-state index in [4.69, 9.17) is 4.43 Å². The Morgan fingerprint density at radius 3 is 2.40 bits per heavy atom. The Morgan fingerprint density at radius 2 is 2.00 bits per heavy atom. The molecule has 0 bridgehead atoms. The van der Waals surface area contributed by atoms with E-state index in [1.54, 1.807) is 0 Å². The van der Waals surface area contributed by atoms with Crippen LogP contribution in [0.1, 0.15) is 33.6 Å². The predicted octanol–water partition coefficient (Wildman–Crippen LogP) is 2.75. The molecule has 0 unspecified atom stereocenters. The van der Waals surface area contributed by atoms with Crippen molar-refractivity contribution in [1.82, 2.24) is 0 Å². The van der Waals surface area contributed by atoms with Gasteiger partial charge in [-0.1, -0.05) is 20.8 Å². The fourth-order valence-corrected chi connectivity index (χ4v) is 2.29. The molecule has 0 saturated carbocycles. The van der Waals surface area contributed by atoms with Gasteiger partial charge < -0.3 is 9.63 Å². The number of hydroxylamine groups is 1. The van der Waals surface area contributed by atoms with Gasteiger partial charge in [-0.2, -0.15) is 0 Å². The van der Waals surface area contributed by atoms with Gasteiger partial charge in [0, 0.05) is 12.8 Å². The van der Waals surface area contributed by atoms with E-state index in [0.717, 1.165) is 23.3 Å². The Balaban J connectivity index is 2.53. The standard InChI is InChI=1S/C11H23NO2Si/c1-11(2,3)15(4,5)14-9-10-7-6-8-12(10)13/h6-9H2,1-5H3. The summed E-state index contributed by atoms with van der Waals surface area (Å²) in [5.41, 5.74) is 0.930. The summed E-state index contributed by atoms with van der Waals surface area (Å²) in [5, 5.41) is 11.6. The first-order chi connectivity index (χ1) is 6.74. The zero-order valence-electron chi connectivity index (χ0n) is 10.6. The summed E-state index contributed by atoms with van der Waals surface area (Å²) in [7, 11) is -1.69. The van der Waals surface area contributed by atoms with Crippen LogP contribution in [-0.2, 0) is 4.43 Å². The smallest absolute Gasteiger partial charge is 0.192 e. The minimum Gasteiger partial charge on any atom is -0.624 e. The normalized spacial score (nSPS) is 18.7. The van der Waals surface area contributed by atoms with Crippen molar-refractivity contribution in [2.75, 3.05) is 13.2 Å². The lowest BCUT2D eigenvalue weighted by Gasteiger charge is -2.35. The van der Waals surface area contributed by atoms with E-state index in [1.165, 1.54) is 0 Å². The van der Waals surface area contributed by atoms with Crippen LogP contribution in [0.15, 0.2) is 0 Å². The molecule has 0 N–H and O–H groups in total. The van der Waals surface area contributed by atoms with Crippen LogP contribution in [0.2, 0.25) is 18.1 Å². The molecule has 3 nitrogen and oxygen atoms in total. The van der Waals surface area contributed by atoms with Crippen molar-refractivity contribution in [1.29, 1.82) is 0 Å². The van der Waals surface area contributed by atoms with Crippen LogP contribution in [0.25, 0.3) is 0 Å². The Bertz CT molecular complexity index is 266. The number of rotatable bonds is 3. The maximum atomic E-state index is 11.4. The average Bonchev–Trinajstić information content (AvgIpc) is 2.46. The second-order valence-electron chi connectivity index (χ2n) is 5.82. The van der Waals surface area contributed by atoms with Gasteiger partial charge in [0.25, 0.3) is 0 Å². The largest absolute Gasteiger partial charge is 0.624 e. The maximum absolute atomic E-state index is 11.4. The molecular formula is C11H23NO2Si. The van der Waals surface area contributed by atoms with E-state index in [9.17, 15) is 5.21 Å². The zero-order valence-corrected chi connectivity index (χ0v) is 11.6. The average molecular weight is 229 g/mol. The molecule has 1 rings (SSSR count). The van der Waals surface area contributed by atoms with Crippen molar-refractivity contribution in [2.24, 2.45) is 0 Å². The Labute approximate surface area is 93.9 Å². The molecule has 1 aliphatic heterocycles. The van der Waals surface area contributed by atoms with Crippen molar-refractivity contribution in [3.63, 3.8) is 0 Å². The second kappa shape index (κ2) is 4.26. The molecule has 0 aromatic carbocycles. The van der Waals surface area contributed by atoms with Gasteiger partial charge in [0.05, 0.1) is 0 Å². The molecule has 1 heterocycles. The van der Waals surface area contributed by atoms with Crippen LogP contribution in [0.5, 0.6) is 0 Å². The van der Waals surface area contributed by atoms with E-state index < -0.39 is 8.32 Å². The molecule has 15 heavy (non-hydrogen) atoms. The van der Waals surface area contributed by atoms with Gasteiger partial charge in [0.2, 0.25) is 0 Å². The number of hydrogen-bond acceptors (Lipinski definition) is 2. The van der Waals surface area contributed by atoms with E-state index >= 15 is 0 Å². The highest BCUT2D eigenvalue weighted by atomic mass is 28.4. The summed E-state index contributed by atoms with van der Waals surface area (Å²) < 4.78 is 7.11. The summed E-state index contributed by atoms with van der Waals surface area (Å²) in [5.74, 6) is 0. The highest BCUT2D eigenvalue weighted by molar-refractivity contribution is 6.74. The van der Waals surface area contributed by atoms with Gasteiger partial charge in [-0.05, 0) is 18.1 Å². The van der Waals surface area contributed by atoms with Crippen molar-refractivity contribution < 1.29 is 9.16 Å². The molecule has 4 heteroatoms. The summed E-state index contributed by atoms with van der Waals surface area (Å²) in [4.78, 5) is 0. The summed E-state index contributed by atoms with van der Waals surface area (Å²) in [6, 6.07) is 0. The third-order valence-electron chi connectivity index (χ3n) is 3.59. The first-order valence-corrected chi connectivity index (χ1v) is 8.58. The van der Waals surface area contributed by atoms with Crippen molar-refractivity contribution in [2.45, 2.75) is 51.7 Å². The molecule has 0 aliphatic carbocycles. The van der Waals surface area contributed by atoms with Crippen LogP contribution in [0.3, 0.4) is 0 Å². The van der Waals surface area contributed by atoms with Crippen molar-refractivity contribution in [3.05, 3.63) is 5.21 Å². The van der Waals surface area contributed by atoms with E-state index in [2.05, 4.69) is 33.9 Å². The minimum absolute atomic E-state index is 0.222. The van der Waals surface area contributed by atoms with Crippen LogP contribution in [0, 0.1) is 5.21 Å². The topological polar surface area (TPSA) is 35.3 Å². The lowest BCUT2D eigenvalue weighted by molar-refractivity contribution is -0.450. The zero-order chi connectivity index (χ0) is 11.7. The lowest BCUT2D eigenvalue weighted by atomic mass is 10.2. The van der Waals surface area contributed by atoms with Crippen LogP contribution < -0.4 is 0 Å².